The van der Waals surface area contributed by atoms with E-state index in [1.54, 1.807) is 36.0 Å². The Balaban J connectivity index is 1.62. The molecule has 3 aromatic carbocycles. The van der Waals surface area contributed by atoms with Crippen molar-refractivity contribution >= 4 is 39.2 Å². The summed E-state index contributed by atoms with van der Waals surface area (Å²) in [6.45, 7) is 1.50. The number of anilines is 1. The van der Waals surface area contributed by atoms with Gasteiger partial charge in [0.25, 0.3) is 5.91 Å². The molecule has 0 aliphatic rings. The molecular weight excluding hydrogens is 432 g/mol. The quantitative estimate of drug-likeness (QED) is 0.390. The smallest absolute Gasteiger partial charge is 0.255 e. The van der Waals surface area contributed by atoms with E-state index in [1.807, 2.05) is 30.5 Å². The average Bonchev–Trinajstić information content (AvgIpc) is 2.78. The Morgan fingerprint density at radius 2 is 1.55 bits per heavy atom. The maximum atomic E-state index is 12.5. The maximum Gasteiger partial charge on any atom is 0.255 e. The van der Waals surface area contributed by atoms with Crippen LogP contribution in [0.1, 0.15) is 33.2 Å². The fraction of sp³-hybridized carbons (Fsp3) is 0.130. The summed E-state index contributed by atoms with van der Waals surface area (Å²) in [5.74, 6) is -0.367. The van der Waals surface area contributed by atoms with Crippen LogP contribution >= 0.6 is 11.8 Å². The van der Waals surface area contributed by atoms with Gasteiger partial charge in [0, 0.05) is 28.3 Å². The third-order valence-electron chi connectivity index (χ3n) is 4.58. The van der Waals surface area contributed by atoms with Crippen molar-refractivity contribution < 1.29 is 18.0 Å². The van der Waals surface area contributed by atoms with Crippen LogP contribution in [-0.2, 0) is 16.6 Å². The third kappa shape index (κ3) is 6.04. The summed E-state index contributed by atoms with van der Waals surface area (Å²) in [5.41, 5.74) is 2.35. The van der Waals surface area contributed by atoms with Gasteiger partial charge in [-0.3, -0.25) is 9.59 Å². The lowest BCUT2D eigenvalue weighted by Crippen LogP contribution is -2.23. The van der Waals surface area contributed by atoms with Crippen LogP contribution in [-0.4, -0.2) is 26.4 Å². The highest BCUT2D eigenvalue weighted by atomic mass is 32.2. The highest BCUT2D eigenvalue weighted by molar-refractivity contribution is 7.98. The molecule has 2 N–H and O–H groups in total. The molecule has 3 rings (SSSR count). The first-order chi connectivity index (χ1) is 14.8. The molecule has 160 valence electrons. The summed E-state index contributed by atoms with van der Waals surface area (Å²) < 4.78 is 27.4. The lowest BCUT2D eigenvalue weighted by Gasteiger charge is -2.09. The van der Waals surface area contributed by atoms with Gasteiger partial charge in [0.1, 0.15) is 0 Å². The van der Waals surface area contributed by atoms with Crippen LogP contribution in [0.2, 0.25) is 0 Å². The van der Waals surface area contributed by atoms with Crippen molar-refractivity contribution in [2.24, 2.45) is 0 Å². The number of carbonyl (C=O) groups excluding carboxylic acids is 2. The van der Waals surface area contributed by atoms with Crippen LogP contribution in [0.3, 0.4) is 0 Å². The Morgan fingerprint density at radius 1 is 0.903 bits per heavy atom. The Kier molecular flexibility index (Phi) is 7.27. The molecule has 6 nitrogen and oxygen atoms in total. The van der Waals surface area contributed by atoms with Gasteiger partial charge >= 0.3 is 0 Å². The number of carbonyl (C=O) groups is 2. The van der Waals surface area contributed by atoms with Gasteiger partial charge in [-0.25, -0.2) is 13.1 Å². The van der Waals surface area contributed by atoms with Crippen LogP contribution in [0.25, 0.3) is 0 Å². The van der Waals surface area contributed by atoms with Gasteiger partial charge < -0.3 is 5.32 Å². The number of amides is 1. The largest absolute Gasteiger partial charge is 0.322 e. The van der Waals surface area contributed by atoms with Crippen molar-refractivity contribution in [3.63, 3.8) is 0 Å². The second-order valence-electron chi connectivity index (χ2n) is 6.79. The van der Waals surface area contributed by atoms with Crippen LogP contribution in [0.4, 0.5) is 5.69 Å². The fourth-order valence-corrected chi connectivity index (χ4v) is 4.29. The molecule has 8 heteroatoms. The molecule has 3 aromatic rings. The molecule has 1 amide bonds. The number of hydrogen-bond donors (Lipinski definition) is 2. The van der Waals surface area contributed by atoms with Crippen LogP contribution in [0.5, 0.6) is 0 Å². The Hall–Kier alpha value is -2.94. The van der Waals surface area contributed by atoms with Gasteiger partial charge in [-0.15, -0.1) is 11.8 Å². The molecule has 0 heterocycles. The highest BCUT2D eigenvalue weighted by Gasteiger charge is 2.14. The SMILES string of the molecule is CSc1cccc(NC(=O)c2ccc(CNS(=O)(=O)c3ccc(C(C)=O)cc3)cc2)c1. The number of rotatable bonds is 8. The Morgan fingerprint density at radius 3 is 2.16 bits per heavy atom. The van der Waals surface area contributed by atoms with Crippen molar-refractivity contribution in [2.45, 2.75) is 23.3 Å². The molecular formula is C23H22N2O4S2. The first-order valence-corrected chi connectivity index (χ1v) is 12.1. The molecule has 0 unspecified atom stereocenters. The second kappa shape index (κ2) is 9.91. The number of benzene rings is 3. The highest BCUT2D eigenvalue weighted by Crippen LogP contribution is 2.19. The molecule has 0 atom stereocenters. The van der Waals surface area contributed by atoms with Gasteiger partial charge in [0.2, 0.25) is 10.0 Å². The van der Waals surface area contributed by atoms with Gasteiger partial charge in [-0.1, -0.05) is 30.3 Å². The molecule has 0 aliphatic carbocycles. The van der Waals surface area contributed by atoms with E-state index in [0.717, 1.165) is 4.90 Å². The standard InChI is InChI=1S/C23H22N2O4S2/c1-16(26)18-10-12-22(13-11-18)31(28,29)24-15-17-6-8-19(9-7-17)23(27)25-20-4-3-5-21(14-20)30-2/h3-14,24H,15H2,1-2H3,(H,25,27). The first kappa shape index (κ1) is 22.7. The zero-order chi connectivity index (χ0) is 22.4. The first-order valence-electron chi connectivity index (χ1n) is 9.43. The lowest BCUT2D eigenvalue weighted by molar-refractivity contribution is 0.101. The molecule has 0 saturated carbocycles. The van der Waals surface area contributed by atoms with Crippen molar-refractivity contribution in [1.29, 1.82) is 0 Å². The van der Waals surface area contributed by atoms with Crippen LogP contribution in [0.15, 0.2) is 82.6 Å². The van der Waals surface area contributed by atoms with Crippen molar-refractivity contribution in [2.75, 3.05) is 11.6 Å². The molecule has 0 saturated heterocycles. The summed E-state index contributed by atoms with van der Waals surface area (Å²) in [6.07, 6.45) is 1.97. The van der Waals surface area contributed by atoms with Crippen molar-refractivity contribution in [3.05, 3.63) is 89.5 Å². The topological polar surface area (TPSA) is 92.3 Å². The average molecular weight is 455 g/mol. The molecule has 0 fully saturated rings. The van der Waals surface area contributed by atoms with E-state index >= 15 is 0 Å². The van der Waals surface area contributed by atoms with Crippen molar-refractivity contribution in [3.8, 4) is 0 Å². The summed E-state index contributed by atoms with van der Waals surface area (Å²) in [6, 6.07) is 20.0. The van der Waals surface area contributed by atoms with E-state index < -0.39 is 10.0 Å². The second-order valence-corrected chi connectivity index (χ2v) is 9.43. The molecule has 31 heavy (non-hydrogen) atoms. The number of Topliss-reactive ketones (excluding diaryl/α,β-unsaturated/α-hetero) is 1. The van der Waals surface area contributed by atoms with E-state index in [4.69, 9.17) is 0 Å². The minimum Gasteiger partial charge on any atom is -0.322 e. The van der Waals surface area contributed by atoms with Crippen LogP contribution < -0.4 is 10.0 Å². The van der Waals surface area contributed by atoms with Gasteiger partial charge in [0.15, 0.2) is 5.78 Å². The molecule has 0 aliphatic heterocycles. The van der Waals surface area contributed by atoms with Gasteiger partial charge in [-0.05, 0) is 61.2 Å². The van der Waals surface area contributed by atoms with E-state index in [0.29, 0.717) is 22.4 Å². The predicted octanol–water partition coefficient (Wildman–Crippen LogP) is 4.34. The Labute approximate surface area is 186 Å². The number of hydrogen-bond acceptors (Lipinski definition) is 5. The number of ketones is 1. The minimum atomic E-state index is -3.72. The third-order valence-corrected chi connectivity index (χ3v) is 6.72. The number of thioether (sulfide) groups is 1. The minimum absolute atomic E-state index is 0.0778. The molecule has 0 aromatic heterocycles. The summed E-state index contributed by atoms with van der Waals surface area (Å²) in [7, 11) is -3.72. The zero-order valence-electron chi connectivity index (χ0n) is 17.1. The number of sulfonamides is 1. The van der Waals surface area contributed by atoms with E-state index in [2.05, 4.69) is 10.0 Å². The normalized spacial score (nSPS) is 11.2. The van der Waals surface area contributed by atoms with Gasteiger partial charge in [0.05, 0.1) is 4.90 Å². The predicted molar refractivity (Wildman–Crippen MR) is 123 cm³/mol. The lowest BCUT2D eigenvalue weighted by atomic mass is 10.1. The summed E-state index contributed by atoms with van der Waals surface area (Å²) in [4.78, 5) is 24.9. The maximum absolute atomic E-state index is 12.5. The van der Waals surface area contributed by atoms with Crippen LogP contribution in [0, 0.1) is 0 Å². The van der Waals surface area contributed by atoms with E-state index in [1.165, 1.54) is 31.2 Å². The monoisotopic (exact) mass is 454 g/mol. The summed E-state index contributed by atoms with van der Waals surface area (Å²) >= 11 is 1.59. The molecule has 0 spiro atoms. The number of nitrogens with one attached hydrogen (secondary N) is 2. The van der Waals surface area contributed by atoms with E-state index in [9.17, 15) is 18.0 Å². The zero-order valence-corrected chi connectivity index (χ0v) is 18.7. The van der Waals surface area contributed by atoms with Gasteiger partial charge in [-0.2, -0.15) is 0 Å². The van der Waals surface area contributed by atoms with E-state index in [-0.39, 0.29) is 23.1 Å². The molecule has 0 bridgehead atoms. The molecule has 0 radical (unpaired) electrons. The fourth-order valence-electron chi connectivity index (χ4n) is 2.81. The Bertz CT molecular complexity index is 1190. The van der Waals surface area contributed by atoms with Crippen molar-refractivity contribution in [1.82, 2.24) is 4.72 Å². The summed E-state index contributed by atoms with van der Waals surface area (Å²) in [5, 5.41) is 2.85.